The van der Waals surface area contributed by atoms with E-state index < -0.39 is 0 Å². The summed E-state index contributed by atoms with van der Waals surface area (Å²) in [5, 5.41) is 10.7. The van der Waals surface area contributed by atoms with E-state index in [0.29, 0.717) is 0 Å². The standard InChI is InChI=1S/C15H14NO2S/c1-2-12-19(14-6-4-3-5-7-14)15-10-8-13(9-11-15)16(17)18/h2-11H,1,12H2/q+1. The van der Waals surface area contributed by atoms with E-state index in [0.717, 1.165) is 10.6 Å². The van der Waals surface area contributed by atoms with E-state index in [1.807, 2.05) is 36.4 Å². The van der Waals surface area contributed by atoms with Crippen LogP contribution in [0, 0.1) is 10.1 Å². The molecule has 0 bridgehead atoms. The Labute approximate surface area is 115 Å². The van der Waals surface area contributed by atoms with Crippen LogP contribution in [0.4, 0.5) is 5.69 Å². The normalized spacial score (nSPS) is 11.8. The lowest BCUT2D eigenvalue weighted by molar-refractivity contribution is -0.384. The lowest BCUT2D eigenvalue weighted by Gasteiger charge is -2.05. The molecule has 0 aliphatic heterocycles. The van der Waals surface area contributed by atoms with Gasteiger partial charge in [0, 0.05) is 24.3 Å². The third-order valence-corrected chi connectivity index (χ3v) is 4.90. The Morgan fingerprint density at radius 2 is 1.63 bits per heavy atom. The summed E-state index contributed by atoms with van der Waals surface area (Å²) in [6.45, 7) is 3.80. The highest BCUT2D eigenvalue weighted by atomic mass is 32.2. The van der Waals surface area contributed by atoms with Crippen LogP contribution >= 0.6 is 0 Å². The van der Waals surface area contributed by atoms with Crippen molar-refractivity contribution < 1.29 is 4.92 Å². The highest BCUT2D eigenvalue weighted by Crippen LogP contribution is 2.25. The maximum absolute atomic E-state index is 10.7. The number of benzene rings is 2. The van der Waals surface area contributed by atoms with Gasteiger partial charge in [-0.15, -0.1) is 0 Å². The average molecular weight is 272 g/mol. The third kappa shape index (κ3) is 3.23. The minimum absolute atomic E-state index is 0.113. The second-order valence-corrected chi connectivity index (χ2v) is 5.97. The van der Waals surface area contributed by atoms with Crippen LogP contribution in [0.2, 0.25) is 0 Å². The number of non-ortho nitro benzene ring substituents is 1. The molecule has 0 N–H and O–H groups in total. The molecule has 0 aliphatic carbocycles. The molecule has 19 heavy (non-hydrogen) atoms. The quantitative estimate of drug-likeness (QED) is 0.359. The highest BCUT2D eigenvalue weighted by molar-refractivity contribution is 7.97. The van der Waals surface area contributed by atoms with Gasteiger partial charge in [-0.2, -0.15) is 0 Å². The summed E-state index contributed by atoms with van der Waals surface area (Å²) in [5.74, 6) is 0.835. The van der Waals surface area contributed by atoms with Gasteiger partial charge in [0.25, 0.3) is 5.69 Å². The van der Waals surface area contributed by atoms with Crippen molar-refractivity contribution in [3.8, 4) is 0 Å². The number of nitro benzene ring substituents is 1. The topological polar surface area (TPSA) is 43.1 Å². The van der Waals surface area contributed by atoms with Crippen LogP contribution in [0.5, 0.6) is 0 Å². The van der Waals surface area contributed by atoms with Crippen molar-refractivity contribution in [2.24, 2.45) is 0 Å². The Hall–Kier alpha value is -2.07. The number of hydrogen-bond acceptors (Lipinski definition) is 2. The molecule has 2 aromatic carbocycles. The Kier molecular flexibility index (Phi) is 4.36. The Balaban J connectivity index is 2.34. The molecule has 0 radical (unpaired) electrons. The van der Waals surface area contributed by atoms with Crippen molar-refractivity contribution in [1.29, 1.82) is 0 Å². The summed E-state index contributed by atoms with van der Waals surface area (Å²) >= 11 is 0. The summed E-state index contributed by atoms with van der Waals surface area (Å²) in [7, 11) is -0.113. The molecule has 0 fully saturated rings. The van der Waals surface area contributed by atoms with Gasteiger partial charge in [-0.1, -0.05) is 24.8 Å². The molecule has 0 aromatic heterocycles. The minimum atomic E-state index is -0.377. The second-order valence-electron chi connectivity index (χ2n) is 3.91. The van der Waals surface area contributed by atoms with Crippen LogP contribution < -0.4 is 0 Å². The van der Waals surface area contributed by atoms with Gasteiger partial charge in [-0.3, -0.25) is 10.1 Å². The molecule has 1 atom stereocenters. The maximum Gasteiger partial charge on any atom is 0.269 e. The molecule has 0 amide bonds. The van der Waals surface area contributed by atoms with Crippen molar-refractivity contribution in [1.82, 2.24) is 0 Å². The zero-order valence-corrected chi connectivity index (χ0v) is 11.2. The highest BCUT2D eigenvalue weighted by Gasteiger charge is 2.24. The number of hydrogen-bond donors (Lipinski definition) is 0. The summed E-state index contributed by atoms with van der Waals surface area (Å²) in [6.07, 6.45) is 1.89. The van der Waals surface area contributed by atoms with Gasteiger partial charge < -0.3 is 0 Å². The molecule has 3 nitrogen and oxygen atoms in total. The van der Waals surface area contributed by atoms with Crippen molar-refractivity contribution >= 4 is 16.6 Å². The zero-order chi connectivity index (χ0) is 13.7. The van der Waals surface area contributed by atoms with Gasteiger partial charge in [-0.05, 0) is 18.2 Å². The summed E-state index contributed by atoms with van der Waals surface area (Å²) < 4.78 is 0. The predicted octanol–water partition coefficient (Wildman–Crippen LogP) is 3.82. The lowest BCUT2D eigenvalue weighted by Crippen LogP contribution is -2.07. The molecule has 2 rings (SSSR count). The minimum Gasteiger partial charge on any atom is -0.258 e. The van der Waals surface area contributed by atoms with Gasteiger partial charge in [0.1, 0.15) is 5.75 Å². The van der Waals surface area contributed by atoms with Crippen LogP contribution in [-0.2, 0) is 10.9 Å². The van der Waals surface area contributed by atoms with Crippen LogP contribution in [0.15, 0.2) is 77.0 Å². The zero-order valence-electron chi connectivity index (χ0n) is 10.4. The molecule has 2 aromatic rings. The van der Waals surface area contributed by atoms with Gasteiger partial charge in [0.2, 0.25) is 0 Å². The first-order chi connectivity index (χ1) is 9.22. The fraction of sp³-hybridized carbons (Fsp3) is 0.0667. The third-order valence-electron chi connectivity index (χ3n) is 2.64. The molecular formula is C15H14NO2S+. The lowest BCUT2D eigenvalue weighted by atomic mass is 10.3. The maximum atomic E-state index is 10.7. The first-order valence-electron chi connectivity index (χ1n) is 5.83. The Morgan fingerprint density at radius 3 is 2.16 bits per heavy atom. The van der Waals surface area contributed by atoms with Gasteiger partial charge in [0.15, 0.2) is 9.79 Å². The molecule has 1 unspecified atom stereocenters. The predicted molar refractivity (Wildman–Crippen MR) is 78.5 cm³/mol. The van der Waals surface area contributed by atoms with E-state index >= 15 is 0 Å². The van der Waals surface area contributed by atoms with E-state index in [1.54, 1.807) is 12.1 Å². The summed E-state index contributed by atoms with van der Waals surface area (Å²) in [6, 6.07) is 16.9. The average Bonchev–Trinajstić information content (AvgIpc) is 2.46. The van der Waals surface area contributed by atoms with Gasteiger partial charge in [0.05, 0.1) is 15.8 Å². The summed E-state index contributed by atoms with van der Waals surface area (Å²) in [5.41, 5.74) is 0.124. The second kappa shape index (κ2) is 6.20. The fourth-order valence-corrected chi connectivity index (χ4v) is 3.61. The van der Waals surface area contributed by atoms with Gasteiger partial charge >= 0.3 is 0 Å². The van der Waals surface area contributed by atoms with Crippen LogP contribution in [0.1, 0.15) is 0 Å². The van der Waals surface area contributed by atoms with E-state index in [9.17, 15) is 10.1 Å². The molecule has 0 heterocycles. The van der Waals surface area contributed by atoms with Crippen LogP contribution in [0.25, 0.3) is 0 Å². The molecular weight excluding hydrogens is 258 g/mol. The molecule has 0 saturated carbocycles. The SMILES string of the molecule is C=CC[S+](c1ccccc1)c1ccc([N+](=O)[O-])cc1. The first kappa shape index (κ1) is 13.4. The Bertz CT molecular complexity index is 566. The van der Waals surface area contributed by atoms with Crippen molar-refractivity contribution in [2.75, 3.05) is 5.75 Å². The molecule has 96 valence electrons. The number of nitro groups is 1. The molecule has 0 spiro atoms. The van der Waals surface area contributed by atoms with E-state index in [2.05, 4.69) is 18.7 Å². The number of rotatable bonds is 5. The first-order valence-corrected chi connectivity index (χ1v) is 7.23. The van der Waals surface area contributed by atoms with Crippen molar-refractivity contribution in [3.05, 3.63) is 77.4 Å². The molecule has 0 aliphatic rings. The van der Waals surface area contributed by atoms with Crippen LogP contribution in [0.3, 0.4) is 0 Å². The van der Waals surface area contributed by atoms with Gasteiger partial charge in [-0.25, -0.2) is 0 Å². The smallest absolute Gasteiger partial charge is 0.258 e. The monoisotopic (exact) mass is 272 g/mol. The Morgan fingerprint density at radius 1 is 1.05 bits per heavy atom. The van der Waals surface area contributed by atoms with E-state index in [4.69, 9.17) is 0 Å². The van der Waals surface area contributed by atoms with Crippen molar-refractivity contribution in [3.63, 3.8) is 0 Å². The van der Waals surface area contributed by atoms with Crippen LogP contribution in [-0.4, -0.2) is 10.7 Å². The fourth-order valence-electron chi connectivity index (χ4n) is 1.76. The van der Waals surface area contributed by atoms with Crippen molar-refractivity contribution in [2.45, 2.75) is 9.79 Å². The summed E-state index contributed by atoms with van der Waals surface area (Å²) in [4.78, 5) is 12.6. The molecule has 0 saturated heterocycles. The number of nitrogens with zero attached hydrogens (tertiary/aromatic N) is 1. The van der Waals surface area contributed by atoms with E-state index in [1.165, 1.54) is 4.90 Å². The largest absolute Gasteiger partial charge is 0.269 e. The van der Waals surface area contributed by atoms with E-state index in [-0.39, 0.29) is 21.5 Å². The molecule has 4 heteroatoms.